The number of likely N-dealkylation sites (tertiary alicyclic amines) is 1. The SMILES string of the molecule is Cc1cc(/C=C2\SC(=O)N(CC(=O)N3CCCC3)C2=O)c(C)n1-c1cc(Cl)cc(Cl)c1. The highest BCUT2D eigenvalue weighted by molar-refractivity contribution is 8.18. The van der Waals surface area contributed by atoms with Crippen LogP contribution in [-0.4, -0.2) is 51.1 Å². The summed E-state index contributed by atoms with van der Waals surface area (Å²) in [5.41, 5.74) is 3.45. The number of aromatic nitrogens is 1. The van der Waals surface area contributed by atoms with Crippen molar-refractivity contribution in [2.24, 2.45) is 0 Å². The third kappa shape index (κ3) is 4.40. The molecular weight excluding hydrogens is 457 g/mol. The molecule has 2 aliphatic rings. The van der Waals surface area contributed by atoms with Crippen LogP contribution < -0.4 is 0 Å². The van der Waals surface area contributed by atoms with Crippen LogP contribution in [0.3, 0.4) is 0 Å². The second kappa shape index (κ2) is 8.73. The summed E-state index contributed by atoms with van der Waals surface area (Å²) in [5, 5.41) is 0.639. The Labute approximate surface area is 194 Å². The smallest absolute Gasteiger partial charge is 0.294 e. The van der Waals surface area contributed by atoms with Gasteiger partial charge < -0.3 is 9.47 Å². The molecular formula is C22H21Cl2N3O3S. The Morgan fingerprint density at radius 3 is 2.35 bits per heavy atom. The number of thioether (sulfide) groups is 1. The molecule has 0 aliphatic carbocycles. The number of halogens is 2. The van der Waals surface area contributed by atoms with Crippen LogP contribution in [0.5, 0.6) is 0 Å². The molecule has 1 aromatic carbocycles. The minimum atomic E-state index is -0.432. The summed E-state index contributed by atoms with van der Waals surface area (Å²) in [6.45, 7) is 5.03. The van der Waals surface area contributed by atoms with Crippen LogP contribution in [0.1, 0.15) is 29.8 Å². The lowest BCUT2D eigenvalue weighted by atomic mass is 10.2. The zero-order chi connectivity index (χ0) is 22.3. The minimum Gasteiger partial charge on any atom is -0.341 e. The van der Waals surface area contributed by atoms with E-state index in [0.29, 0.717) is 28.0 Å². The molecule has 4 rings (SSSR count). The summed E-state index contributed by atoms with van der Waals surface area (Å²) in [6.07, 6.45) is 3.62. The topological polar surface area (TPSA) is 62.6 Å². The van der Waals surface area contributed by atoms with Gasteiger partial charge in [0.1, 0.15) is 6.54 Å². The molecule has 0 bridgehead atoms. The highest BCUT2D eigenvalue weighted by Crippen LogP contribution is 2.34. The van der Waals surface area contributed by atoms with Crippen molar-refractivity contribution in [3.05, 3.63) is 56.2 Å². The fraction of sp³-hybridized carbons (Fsp3) is 0.318. The van der Waals surface area contributed by atoms with Gasteiger partial charge in [-0.2, -0.15) is 0 Å². The Morgan fingerprint density at radius 2 is 1.71 bits per heavy atom. The third-order valence-electron chi connectivity index (χ3n) is 5.49. The number of hydrogen-bond acceptors (Lipinski definition) is 4. The summed E-state index contributed by atoms with van der Waals surface area (Å²) < 4.78 is 1.99. The first-order chi connectivity index (χ1) is 14.7. The van der Waals surface area contributed by atoms with Gasteiger partial charge in [0, 0.05) is 40.2 Å². The van der Waals surface area contributed by atoms with Crippen molar-refractivity contribution in [1.29, 1.82) is 0 Å². The molecule has 0 spiro atoms. The van der Waals surface area contributed by atoms with E-state index in [1.807, 2.05) is 36.6 Å². The zero-order valence-electron chi connectivity index (χ0n) is 17.2. The number of carbonyl (C=O) groups excluding carboxylic acids is 3. The molecule has 0 atom stereocenters. The highest BCUT2D eigenvalue weighted by Gasteiger charge is 2.37. The van der Waals surface area contributed by atoms with Crippen LogP contribution in [0, 0.1) is 13.8 Å². The quantitative estimate of drug-likeness (QED) is 0.577. The van der Waals surface area contributed by atoms with Crippen molar-refractivity contribution in [3.8, 4) is 5.69 Å². The Balaban J connectivity index is 1.59. The van der Waals surface area contributed by atoms with Gasteiger partial charge in [0.25, 0.3) is 11.1 Å². The van der Waals surface area contributed by atoms with Crippen LogP contribution in [0.25, 0.3) is 11.8 Å². The summed E-state index contributed by atoms with van der Waals surface area (Å²) in [6, 6.07) is 7.23. The minimum absolute atomic E-state index is 0.183. The Kier molecular flexibility index (Phi) is 6.19. The molecule has 31 heavy (non-hydrogen) atoms. The molecule has 9 heteroatoms. The number of carbonyl (C=O) groups is 3. The molecule has 2 fully saturated rings. The van der Waals surface area contributed by atoms with Gasteiger partial charge in [-0.3, -0.25) is 19.3 Å². The van der Waals surface area contributed by atoms with Gasteiger partial charge in [-0.1, -0.05) is 23.2 Å². The number of benzene rings is 1. The number of imide groups is 1. The molecule has 1 aromatic heterocycles. The molecule has 2 aromatic rings. The summed E-state index contributed by atoms with van der Waals surface area (Å²) in [5.74, 6) is -0.616. The van der Waals surface area contributed by atoms with Crippen molar-refractivity contribution in [2.45, 2.75) is 26.7 Å². The first-order valence-corrected chi connectivity index (χ1v) is 11.5. The standard InChI is InChI=1S/C22H21Cl2N3O3S/c1-13-7-15(14(2)27(13)18-10-16(23)9-17(24)11-18)8-19-21(29)26(22(30)31-19)12-20(28)25-5-3-4-6-25/h7-11H,3-6,12H2,1-2H3/b19-8-. The largest absolute Gasteiger partial charge is 0.341 e. The first-order valence-electron chi connectivity index (χ1n) is 9.93. The highest BCUT2D eigenvalue weighted by atomic mass is 35.5. The molecule has 2 saturated heterocycles. The molecule has 0 radical (unpaired) electrons. The van der Waals surface area contributed by atoms with Crippen LogP contribution in [0.2, 0.25) is 10.0 Å². The summed E-state index contributed by atoms with van der Waals surface area (Å²) in [7, 11) is 0. The van der Waals surface area contributed by atoms with Gasteiger partial charge in [0.2, 0.25) is 5.91 Å². The number of hydrogen-bond donors (Lipinski definition) is 0. The van der Waals surface area contributed by atoms with E-state index in [0.717, 1.165) is 52.1 Å². The summed E-state index contributed by atoms with van der Waals surface area (Å²) >= 11 is 13.2. The van der Waals surface area contributed by atoms with Gasteiger partial charge in [0.05, 0.1) is 4.91 Å². The van der Waals surface area contributed by atoms with Gasteiger partial charge in [-0.15, -0.1) is 0 Å². The fourth-order valence-electron chi connectivity index (χ4n) is 3.98. The third-order valence-corrected chi connectivity index (χ3v) is 6.83. The van der Waals surface area contributed by atoms with E-state index in [1.165, 1.54) is 0 Å². The van der Waals surface area contributed by atoms with E-state index in [9.17, 15) is 14.4 Å². The molecule has 3 heterocycles. The normalized spacial score (nSPS) is 18.0. The lowest BCUT2D eigenvalue weighted by molar-refractivity contribution is -0.135. The van der Waals surface area contributed by atoms with Crippen LogP contribution >= 0.6 is 35.0 Å². The Morgan fingerprint density at radius 1 is 1.06 bits per heavy atom. The van der Waals surface area contributed by atoms with Crippen molar-refractivity contribution >= 4 is 58.1 Å². The molecule has 0 saturated carbocycles. The predicted octanol–water partition coefficient (Wildman–Crippen LogP) is 5.06. The number of amides is 3. The van der Waals surface area contributed by atoms with Crippen molar-refractivity contribution in [3.63, 3.8) is 0 Å². The molecule has 0 N–H and O–H groups in total. The van der Waals surface area contributed by atoms with E-state index >= 15 is 0 Å². The zero-order valence-corrected chi connectivity index (χ0v) is 19.5. The van der Waals surface area contributed by atoms with E-state index in [4.69, 9.17) is 23.2 Å². The second-order valence-corrected chi connectivity index (χ2v) is 9.51. The lowest BCUT2D eigenvalue weighted by Gasteiger charge is -2.18. The van der Waals surface area contributed by atoms with Crippen molar-refractivity contribution in [1.82, 2.24) is 14.4 Å². The lowest BCUT2D eigenvalue weighted by Crippen LogP contribution is -2.40. The predicted molar refractivity (Wildman–Crippen MR) is 124 cm³/mol. The molecule has 0 unspecified atom stereocenters. The van der Waals surface area contributed by atoms with E-state index < -0.39 is 11.1 Å². The summed E-state index contributed by atoms with van der Waals surface area (Å²) in [4.78, 5) is 40.7. The average molecular weight is 478 g/mol. The van der Waals surface area contributed by atoms with Crippen molar-refractivity contribution in [2.75, 3.05) is 19.6 Å². The van der Waals surface area contributed by atoms with Gasteiger partial charge in [-0.25, -0.2) is 0 Å². The van der Waals surface area contributed by atoms with Crippen LogP contribution in [-0.2, 0) is 9.59 Å². The molecule has 6 nitrogen and oxygen atoms in total. The maximum atomic E-state index is 12.8. The second-order valence-electron chi connectivity index (χ2n) is 7.65. The Bertz CT molecular complexity index is 1100. The van der Waals surface area contributed by atoms with Gasteiger partial charge in [-0.05, 0) is 74.4 Å². The number of rotatable bonds is 4. The van der Waals surface area contributed by atoms with Gasteiger partial charge >= 0.3 is 0 Å². The maximum Gasteiger partial charge on any atom is 0.294 e. The maximum absolute atomic E-state index is 12.8. The Hall–Kier alpha value is -2.22. The average Bonchev–Trinajstić information content (AvgIpc) is 3.38. The number of nitrogens with zero attached hydrogens (tertiary/aromatic N) is 3. The molecule has 2 aliphatic heterocycles. The van der Waals surface area contributed by atoms with Crippen LogP contribution in [0.4, 0.5) is 4.79 Å². The van der Waals surface area contributed by atoms with Gasteiger partial charge in [0.15, 0.2) is 0 Å². The van der Waals surface area contributed by atoms with E-state index in [-0.39, 0.29) is 12.5 Å². The number of aryl methyl sites for hydroxylation is 1. The monoisotopic (exact) mass is 477 g/mol. The van der Waals surface area contributed by atoms with Crippen LogP contribution in [0.15, 0.2) is 29.2 Å². The van der Waals surface area contributed by atoms with Crippen molar-refractivity contribution < 1.29 is 14.4 Å². The molecule has 3 amide bonds. The first kappa shape index (κ1) is 22.0. The van der Waals surface area contributed by atoms with E-state index in [1.54, 1.807) is 17.0 Å². The molecule has 162 valence electrons. The fourth-order valence-corrected chi connectivity index (χ4v) is 5.32. The van der Waals surface area contributed by atoms with E-state index in [2.05, 4.69) is 0 Å².